The molecule has 2 aromatic rings. The van der Waals surface area contributed by atoms with Crippen LogP contribution in [-0.4, -0.2) is 26.9 Å². The number of hydrogen-bond acceptors (Lipinski definition) is 4. The Hall–Kier alpha value is -2.23. The number of ether oxygens (including phenoxy) is 1. The van der Waals surface area contributed by atoms with Crippen molar-refractivity contribution in [1.82, 2.24) is 0 Å². The molecule has 0 bridgehead atoms. The highest BCUT2D eigenvalue weighted by atomic mass is 32.2. The van der Waals surface area contributed by atoms with Gasteiger partial charge in [0.25, 0.3) is 0 Å². The lowest BCUT2D eigenvalue weighted by Gasteiger charge is -2.09. The number of benzene rings is 2. The molecule has 0 unspecified atom stereocenters. The SMILES string of the molecule is CCOC[C@]1(C#N)[C@H](c2ccc(F)cc2)[C@@H]1S(=O)(=O)c1ccccc1. The molecule has 0 spiro atoms. The summed E-state index contributed by atoms with van der Waals surface area (Å²) >= 11 is 0. The maximum Gasteiger partial charge on any atom is 0.183 e. The fraction of sp³-hybridized carbons (Fsp3) is 0.316. The number of hydrogen-bond donors (Lipinski definition) is 0. The van der Waals surface area contributed by atoms with Crippen LogP contribution >= 0.6 is 0 Å². The molecule has 3 rings (SSSR count). The van der Waals surface area contributed by atoms with Crippen molar-refractivity contribution < 1.29 is 17.5 Å². The molecule has 1 saturated carbocycles. The van der Waals surface area contributed by atoms with E-state index in [-0.39, 0.29) is 11.5 Å². The summed E-state index contributed by atoms with van der Waals surface area (Å²) in [5.74, 6) is -0.950. The lowest BCUT2D eigenvalue weighted by molar-refractivity contribution is 0.117. The number of halogens is 1. The van der Waals surface area contributed by atoms with Gasteiger partial charge in [0.15, 0.2) is 9.84 Å². The molecule has 1 aliphatic carbocycles. The predicted octanol–water partition coefficient (Wildman–Crippen LogP) is 3.31. The summed E-state index contributed by atoms with van der Waals surface area (Å²) in [6.07, 6.45) is 0. The Bertz CT molecular complexity index is 891. The third kappa shape index (κ3) is 2.94. The van der Waals surface area contributed by atoms with Crippen molar-refractivity contribution in [3.63, 3.8) is 0 Å². The van der Waals surface area contributed by atoms with Crippen molar-refractivity contribution in [1.29, 1.82) is 5.26 Å². The summed E-state index contributed by atoms with van der Waals surface area (Å²) in [6.45, 7) is 2.21. The molecule has 0 radical (unpaired) electrons. The minimum Gasteiger partial charge on any atom is -0.380 e. The standard InChI is InChI=1S/C19H18FNO3S/c1-2-24-13-19(12-21)17(14-8-10-15(20)11-9-14)18(19)25(22,23)16-6-4-3-5-7-16/h3-11,17-18H,2,13H2,1H3/t17-,18+,19-/m1/s1. The summed E-state index contributed by atoms with van der Waals surface area (Å²) in [7, 11) is -3.72. The second kappa shape index (κ2) is 6.58. The van der Waals surface area contributed by atoms with E-state index in [0.29, 0.717) is 12.2 Å². The largest absolute Gasteiger partial charge is 0.380 e. The zero-order valence-electron chi connectivity index (χ0n) is 13.7. The van der Waals surface area contributed by atoms with Crippen molar-refractivity contribution in [2.45, 2.75) is 23.0 Å². The van der Waals surface area contributed by atoms with Crippen LogP contribution in [0.2, 0.25) is 0 Å². The van der Waals surface area contributed by atoms with Crippen LogP contribution < -0.4 is 0 Å². The predicted molar refractivity (Wildman–Crippen MR) is 91.1 cm³/mol. The third-order valence-electron chi connectivity index (χ3n) is 4.64. The van der Waals surface area contributed by atoms with E-state index in [1.165, 1.54) is 24.3 Å². The normalized spacial score (nSPS) is 25.3. The second-order valence-electron chi connectivity index (χ2n) is 6.10. The van der Waals surface area contributed by atoms with Gasteiger partial charge in [-0.25, -0.2) is 12.8 Å². The minimum absolute atomic E-state index is 0.0266. The van der Waals surface area contributed by atoms with Crippen molar-refractivity contribution in [3.05, 3.63) is 66.0 Å². The fourth-order valence-corrected chi connectivity index (χ4v) is 5.70. The number of sulfone groups is 1. The van der Waals surface area contributed by atoms with Gasteiger partial charge in [0.2, 0.25) is 0 Å². The van der Waals surface area contributed by atoms with Crippen molar-refractivity contribution >= 4 is 9.84 Å². The first-order valence-electron chi connectivity index (χ1n) is 8.01. The Morgan fingerprint density at radius 1 is 1.16 bits per heavy atom. The van der Waals surface area contributed by atoms with Gasteiger partial charge in [0.1, 0.15) is 11.2 Å². The Morgan fingerprint density at radius 2 is 1.80 bits per heavy atom. The zero-order valence-corrected chi connectivity index (χ0v) is 14.5. The fourth-order valence-electron chi connectivity index (χ4n) is 3.37. The van der Waals surface area contributed by atoms with Gasteiger partial charge in [-0.15, -0.1) is 0 Å². The molecule has 0 aliphatic heterocycles. The molecule has 0 amide bonds. The van der Waals surface area contributed by atoms with Gasteiger partial charge in [-0.1, -0.05) is 30.3 Å². The first-order valence-corrected chi connectivity index (χ1v) is 9.55. The van der Waals surface area contributed by atoms with E-state index in [4.69, 9.17) is 4.74 Å². The van der Waals surface area contributed by atoms with Crippen LogP contribution in [0, 0.1) is 22.6 Å². The Morgan fingerprint density at radius 3 is 2.36 bits per heavy atom. The first kappa shape index (κ1) is 17.6. The molecule has 0 N–H and O–H groups in total. The monoisotopic (exact) mass is 359 g/mol. The lowest BCUT2D eigenvalue weighted by atomic mass is 10.0. The Labute approximate surface area is 146 Å². The number of rotatable bonds is 6. The van der Waals surface area contributed by atoms with E-state index in [1.807, 2.05) is 0 Å². The van der Waals surface area contributed by atoms with Crippen molar-refractivity contribution in [2.75, 3.05) is 13.2 Å². The maximum absolute atomic E-state index is 13.2. The van der Waals surface area contributed by atoms with Crippen LogP contribution in [0.1, 0.15) is 18.4 Å². The molecule has 3 atom stereocenters. The summed E-state index contributed by atoms with van der Waals surface area (Å²) in [6, 6.07) is 15.9. The van der Waals surface area contributed by atoms with Crippen LogP contribution in [-0.2, 0) is 14.6 Å². The number of nitriles is 1. The quantitative estimate of drug-likeness (QED) is 0.794. The van der Waals surface area contributed by atoms with Crippen LogP contribution in [0.25, 0.3) is 0 Å². The van der Waals surface area contributed by atoms with Gasteiger partial charge in [-0.2, -0.15) is 5.26 Å². The zero-order chi connectivity index (χ0) is 18.1. The van der Waals surface area contributed by atoms with Crippen molar-refractivity contribution in [3.8, 4) is 6.07 Å². The van der Waals surface area contributed by atoms with Gasteiger partial charge < -0.3 is 4.74 Å². The third-order valence-corrected chi connectivity index (χ3v) is 6.94. The van der Waals surface area contributed by atoms with Crippen LogP contribution in [0.3, 0.4) is 0 Å². The molecule has 2 aromatic carbocycles. The molecule has 1 aliphatic rings. The maximum atomic E-state index is 13.2. The van der Waals surface area contributed by atoms with Gasteiger partial charge in [0, 0.05) is 12.5 Å². The average Bonchev–Trinajstić information content (AvgIpc) is 3.31. The molecule has 0 aromatic heterocycles. The Balaban J connectivity index is 2.06. The van der Waals surface area contributed by atoms with Crippen LogP contribution in [0.5, 0.6) is 0 Å². The van der Waals surface area contributed by atoms with E-state index >= 15 is 0 Å². The molecule has 6 heteroatoms. The molecule has 1 fully saturated rings. The van der Waals surface area contributed by atoms with Gasteiger partial charge >= 0.3 is 0 Å². The highest BCUT2D eigenvalue weighted by Gasteiger charge is 2.72. The molecule has 0 heterocycles. The van der Waals surface area contributed by atoms with Gasteiger partial charge in [-0.05, 0) is 36.8 Å². The summed E-state index contributed by atoms with van der Waals surface area (Å²) in [5.41, 5.74) is -0.533. The summed E-state index contributed by atoms with van der Waals surface area (Å²) in [5, 5.41) is 8.87. The summed E-state index contributed by atoms with van der Waals surface area (Å²) < 4.78 is 44.9. The molecular formula is C19H18FNO3S. The van der Waals surface area contributed by atoms with E-state index in [2.05, 4.69) is 6.07 Å². The smallest absolute Gasteiger partial charge is 0.183 e. The average molecular weight is 359 g/mol. The lowest BCUT2D eigenvalue weighted by Crippen LogP contribution is -2.19. The second-order valence-corrected chi connectivity index (χ2v) is 8.17. The van der Waals surface area contributed by atoms with Crippen LogP contribution in [0.4, 0.5) is 4.39 Å². The van der Waals surface area contributed by atoms with E-state index < -0.39 is 32.2 Å². The first-order chi connectivity index (χ1) is 12.0. The van der Waals surface area contributed by atoms with E-state index in [0.717, 1.165) is 0 Å². The molecule has 130 valence electrons. The van der Waals surface area contributed by atoms with Gasteiger partial charge in [-0.3, -0.25) is 0 Å². The summed E-state index contributed by atoms with van der Waals surface area (Å²) in [4.78, 5) is 0.181. The molecule has 0 saturated heterocycles. The number of nitrogens with zero attached hydrogens (tertiary/aromatic N) is 1. The Kier molecular flexibility index (Phi) is 4.63. The highest BCUT2D eigenvalue weighted by Crippen LogP contribution is 2.63. The van der Waals surface area contributed by atoms with E-state index in [9.17, 15) is 18.1 Å². The molecular weight excluding hydrogens is 341 g/mol. The van der Waals surface area contributed by atoms with E-state index in [1.54, 1.807) is 37.3 Å². The minimum atomic E-state index is -3.72. The van der Waals surface area contributed by atoms with Gasteiger partial charge in [0.05, 0.1) is 22.8 Å². The van der Waals surface area contributed by atoms with Crippen molar-refractivity contribution in [2.24, 2.45) is 5.41 Å². The highest BCUT2D eigenvalue weighted by molar-refractivity contribution is 7.92. The topological polar surface area (TPSA) is 67.2 Å². The molecule has 25 heavy (non-hydrogen) atoms. The van der Waals surface area contributed by atoms with Crippen LogP contribution in [0.15, 0.2) is 59.5 Å². The molecule has 4 nitrogen and oxygen atoms in total.